The van der Waals surface area contributed by atoms with Crippen LogP contribution in [-0.2, 0) is 19.9 Å². The van der Waals surface area contributed by atoms with Crippen LogP contribution < -0.4 is 10.6 Å². The van der Waals surface area contributed by atoms with E-state index in [1.54, 1.807) is 18.2 Å². The molecule has 3 N–H and O–H groups in total. The normalized spacial score (nSPS) is 21.6. The molecule has 2 fully saturated rings. The summed E-state index contributed by atoms with van der Waals surface area (Å²) in [5.41, 5.74) is -0.697. The summed E-state index contributed by atoms with van der Waals surface area (Å²) < 4.78 is 4.93. The minimum Gasteiger partial charge on any atom is -0.383 e. The molecule has 3 rings (SSSR count). The minimum atomic E-state index is -1.35. The highest BCUT2D eigenvalue weighted by Crippen LogP contribution is 2.37. The summed E-state index contributed by atoms with van der Waals surface area (Å²) in [5.74, 6) is 0.693. The Balaban J connectivity index is 1.70. The molecular formula is C28H44ClN3O4. The molecule has 36 heavy (non-hydrogen) atoms. The molecular weight excluding hydrogens is 478 g/mol. The van der Waals surface area contributed by atoms with Crippen LogP contribution in [0, 0.1) is 17.8 Å². The van der Waals surface area contributed by atoms with Gasteiger partial charge in [0.15, 0.2) is 0 Å². The fraction of sp³-hybridized carbons (Fsp3) is 0.714. The highest BCUT2D eigenvalue weighted by molar-refractivity contribution is 6.30. The van der Waals surface area contributed by atoms with Crippen LogP contribution in [0.5, 0.6) is 0 Å². The van der Waals surface area contributed by atoms with Gasteiger partial charge in [-0.15, -0.1) is 0 Å². The van der Waals surface area contributed by atoms with Crippen molar-refractivity contribution in [3.05, 3.63) is 34.9 Å². The molecule has 1 aromatic rings. The Bertz CT molecular complexity index is 848. The molecule has 0 bridgehead atoms. The number of hydrogen-bond donors (Lipinski definition) is 3. The Hall–Kier alpha value is -1.67. The number of halogens is 1. The molecule has 3 atom stereocenters. The Morgan fingerprint density at radius 1 is 1.22 bits per heavy atom. The summed E-state index contributed by atoms with van der Waals surface area (Å²) in [5, 5.41) is 18.6. The molecule has 1 aliphatic heterocycles. The Kier molecular flexibility index (Phi) is 11.5. The van der Waals surface area contributed by atoms with E-state index in [1.165, 1.54) is 39.2 Å². The van der Waals surface area contributed by atoms with Crippen LogP contribution in [0.1, 0.15) is 63.4 Å². The number of nitrogens with one attached hydrogen (secondary N) is 2. The topological polar surface area (TPSA) is 90.9 Å². The third-order valence-electron chi connectivity index (χ3n) is 7.95. The van der Waals surface area contributed by atoms with Gasteiger partial charge in [0.2, 0.25) is 11.8 Å². The Labute approximate surface area is 221 Å². The fourth-order valence-electron chi connectivity index (χ4n) is 6.05. The largest absolute Gasteiger partial charge is 0.383 e. The minimum absolute atomic E-state index is 0.0340. The Morgan fingerprint density at radius 3 is 2.69 bits per heavy atom. The van der Waals surface area contributed by atoms with Crippen molar-refractivity contribution in [3.63, 3.8) is 0 Å². The van der Waals surface area contributed by atoms with Crippen molar-refractivity contribution in [1.82, 2.24) is 15.5 Å². The summed E-state index contributed by atoms with van der Waals surface area (Å²) in [4.78, 5) is 27.5. The van der Waals surface area contributed by atoms with Crippen LogP contribution in [0.3, 0.4) is 0 Å². The summed E-state index contributed by atoms with van der Waals surface area (Å²) in [6.45, 7) is 1.96. The molecule has 1 saturated heterocycles. The van der Waals surface area contributed by atoms with Crippen LogP contribution in [0.15, 0.2) is 24.3 Å². The van der Waals surface area contributed by atoms with Gasteiger partial charge in [-0.25, -0.2) is 0 Å². The van der Waals surface area contributed by atoms with Gasteiger partial charge in [-0.2, -0.15) is 0 Å². The molecule has 7 nitrogen and oxygen atoms in total. The average Bonchev–Trinajstić information content (AvgIpc) is 2.88. The summed E-state index contributed by atoms with van der Waals surface area (Å²) >= 11 is 6.26. The average molecular weight is 522 g/mol. The zero-order valence-electron chi connectivity index (χ0n) is 21.9. The second-order valence-corrected chi connectivity index (χ2v) is 11.1. The van der Waals surface area contributed by atoms with Gasteiger partial charge in [-0.3, -0.25) is 9.59 Å². The van der Waals surface area contributed by atoms with Crippen LogP contribution in [0.25, 0.3) is 0 Å². The molecule has 0 aromatic heterocycles. The quantitative estimate of drug-likeness (QED) is 0.390. The first kappa shape index (κ1) is 28.9. The van der Waals surface area contributed by atoms with Crippen molar-refractivity contribution in [2.24, 2.45) is 17.8 Å². The van der Waals surface area contributed by atoms with Crippen molar-refractivity contribution in [2.45, 2.75) is 63.4 Å². The van der Waals surface area contributed by atoms with Crippen molar-refractivity contribution in [2.75, 3.05) is 46.9 Å². The van der Waals surface area contributed by atoms with Crippen molar-refractivity contribution in [1.29, 1.82) is 0 Å². The zero-order valence-corrected chi connectivity index (χ0v) is 22.7. The molecule has 1 heterocycles. The van der Waals surface area contributed by atoms with E-state index in [4.69, 9.17) is 16.3 Å². The predicted octanol–water partition coefficient (Wildman–Crippen LogP) is 3.72. The number of hydrogen-bond acceptors (Lipinski definition) is 5. The lowest BCUT2D eigenvalue weighted by Crippen LogP contribution is -2.53. The number of benzene rings is 1. The number of amides is 2. The summed E-state index contributed by atoms with van der Waals surface area (Å²) in [6.07, 6.45) is 9.71. The maximum Gasteiger partial charge on any atom is 0.246 e. The van der Waals surface area contributed by atoms with Gasteiger partial charge in [0.05, 0.1) is 6.54 Å². The zero-order chi connectivity index (χ0) is 26.0. The number of ether oxygens (including phenoxy) is 1. The highest BCUT2D eigenvalue weighted by atomic mass is 35.5. The number of aliphatic hydroxyl groups is 1. The fourth-order valence-corrected chi connectivity index (χ4v) is 6.24. The second-order valence-electron chi connectivity index (χ2n) is 10.7. The number of methoxy groups -OCH3 is 1. The molecule has 2 aliphatic rings. The molecule has 8 heteroatoms. The number of rotatable bonds is 12. The molecule has 1 aliphatic carbocycles. The molecule has 1 aromatic carbocycles. The number of nitrogens with zero attached hydrogens (tertiary/aromatic N) is 1. The summed E-state index contributed by atoms with van der Waals surface area (Å²) in [6, 6.07) is 7.15. The maximum absolute atomic E-state index is 13.4. The number of piperidine rings is 1. The highest BCUT2D eigenvalue weighted by Gasteiger charge is 2.42. The molecule has 0 radical (unpaired) electrons. The van der Waals surface area contributed by atoms with E-state index in [-0.39, 0.29) is 30.9 Å². The smallest absolute Gasteiger partial charge is 0.246 e. The first-order chi connectivity index (χ1) is 17.4. The van der Waals surface area contributed by atoms with Crippen molar-refractivity contribution < 1.29 is 19.4 Å². The second kappa shape index (κ2) is 14.3. The number of likely N-dealkylation sites (tertiary alicyclic amines) is 1. The van der Waals surface area contributed by atoms with Crippen LogP contribution >= 0.6 is 11.6 Å². The molecule has 202 valence electrons. The third kappa shape index (κ3) is 8.17. The summed E-state index contributed by atoms with van der Waals surface area (Å²) in [7, 11) is 3.42. The van der Waals surface area contributed by atoms with Crippen LogP contribution in [0.2, 0.25) is 5.02 Å². The first-order valence-electron chi connectivity index (χ1n) is 13.5. The van der Waals surface area contributed by atoms with E-state index in [0.717, 1.165) is 31.7 Å². The van der Waals surface area contributed by atoms with Gasteiger partial charge >= 0.3 is 0 Å². The lowest BCUT2D eigenvalue weighted by molar-refractivity contribution is -0.138. The molecule has 1 saturated carbocycles. The number of carbonyl (C=O) groups excluding carboxylic acids is 2. The van der Waals surface area contributed by atoms with E-state index >= 15 is 0 Å². The Morgan fingerprint density at radius 2 is 2.00 bits per heavy atom. The van der Waals surface area contributed by atoms with Crippen LogP contribution in [-0.4, -0.2) is 68.8 Å². The SMILES string of the molecule is CNC[C@@H](CC(=O)N1CCC[C@@H]([C@@](O)(CNC(=O)COC)c2cccc(Cl)c2)C1)CC1CCCCC1. The monoisotopic (exact) mass is 521 g/mol. The molecule has 2 amide bonds. The van der Waals surface area contributed by atoms with E-state index in [9.17, 15) is 14.7 Å². The van der Waals surface area contributed by atoms with Crippen molar-refractivity contribution >= 4 is 23.4 Å². The maximum atomic E-state index is 13.4. The van der Waals surface area contributed by atoms with Crippen LogP contribution in [0.4, 0.5) is 0 Å². The van der Waals surface area contributed by atoms with Gasteiger partial charge < -0.3 is 25.4 Å². The first-order valence-corrected chi connectivity index (χ1v) is 13.9. The number of carbonyl (C=O) groups is 2. The van der Waals surface area contributed by atoms with Gasteiger partial charge in [-0.05, 0) is 62.4 Å². The van der Waals surface area contributed by atoms with Gasteiger partial charge in [-0.1, -0.05) is 55.8 Å². The third-order valence-corrected chi connectivity index (χ3v) is 8.19. The van der Waals surface area contributed by atoms with E-state index < -0.39 is 5.60 Å². The van der Waals surface area contributed by atoms with Gasteiger partial charge in [0, 0.05) is 37.6 Å². The van der Waals surface area contributed by atoms with E-state index in [1.807, 2.05) is 18.0 Å². The van der Waals surface area contributed by atoms with Gasteiger partial charge in [0.25, 0.3) is 0 Å². The van der Waals surface area contributed by atoms with E-state index in [2.05, 4.69) is 10.6 Å². The molecule has 0 spiro atoms. The van der Waals surface area contributed by atoms with Gasteiger partial charge in [0.1, 0.15) is 12.2 Å². The van der Waals surface area contributed by atoms with E-state index in [0.29, 0.717) is 36.0 Å². The standard InChI is InChI=1S/C28H44ClN3O4/c1-30-17-22(14-21-8-4-3-5-9-21)15-27(34)32-13-7-11-24(18-32)28(35,20-31-26(33)19-36-2)23-10-6-12-25(29)16-23/h6,10,12,16,21-22,24,30,35H,3-5,7-9,11,13-15,17-20H2,1-2H3,(H,31,33)/t22-,24-,28-/m1/s1. The van der Waals surface area contributed by atoms with Crippen molar-refractivity contribution in [3.8, 4) is 0 Å². The molecule has 0 unspecified atom stereocenters. The lowest BCUT2D eigenvalue weighted by Gasteiger charge is -2.43. The predicted molar refractivity (Wildman–Crippen MR) is 143 cm³/mol. The lowest BCUT2D eigenvalue weighted by atomic mass is 9.76.